The largest absolute Gasteiger partial charge is 0.367 e. The number of likely N-dealkylation sites (tertiary alicyclic amines) is 1. The highest BCUT2D eigenvalue weighted by molar-refractivity contribution is 9.12. The standard InChI is InChI=1S/C16H18Br2N2O2/c1-9-2-4-10(5-3-9)19-8-20-15(21)11-6-13(17)14(18)7-12(11)16(20)22/h2-5,11-14,19H,6-8H2,1H3/t11-,12-,13-,14+/m0/s1. The van der Waals surface area contributed by atoms with E-state index in [1.165, 1.54) is 10.5 Å². The van der Waals surface area contributed by atoms with Gasteiger partial charge in [0.15, 0.2) is 0 Å². The van der Waals surface area contributed by atoms with Gasteiger partial charge in [-0.1, -0.05) is 49.6 Å². The van der Waals surface area contributed by atoms with Crippen molar-refractivity contribution in [3.8, 4) is 0 Å². The molecule has 1 N–H and O–H groups in total. The van der Waals surface area contributed by atoms with Gasteiger partial charge in [-0.05, 0) is 31.9 Å². The smallest absolute Gasteiger partial charge is 0.234 e. The Labute approximate surface area is 146 Å². The van der Waals surface area contributed by atoms with Gasteiger partial charge in [0.25, 0.3) is 0 Å². The molecular weight excluding hydrogens is 412 g/mol. The molecule has 3 rings (SSSR count). The Kier molecular flexibility index (Phi) is 4.59. The van der Waals surface area contributed by atoms with Gasteiger partial charge in [0.1, 0.15) is 0 Å². The maximum absolute atomic E-state index is 12.5. The molecule has 2 aliphatic rings. The summed E-state index contributed by atoms with van der Waals surface area (Å²) in [5.74, 6) is -0.437. The summed E-state index contributed by atoms with van der Waals surface area (Å²) in [7, 11) is 0. The minimum atomic E-state index is -0.175. The SMILES string of the molecule is Cc1ccc(NCN2C(=O)[C@H]3C[C@@H](Br)[C@@H](Br)C[C@@H]3C2=O)cc1. The lowest BCUT2D eigenvalue weighted by Gasteiger charge is -2.29. The highest BCUT2D eigenvalue weighted by Gasteiger charge is 2.51. The number of fused-ring (bicyclic) bond motifs is 1. The number of halogens is 2. The molecule has 0 radical (unpaired) electrons. The Morgan fingerprint density at radius 2 is 1.55 bits per heavy atom. The molecule has 0 aromatic heterocycles. The first-order valence-electron chi connectivity index (χ1n) is 7.41. The van der Waals surface area contributed by atoms with Crippen molar-refractivity contribution in [1.29, 1.82) is 0 Å². The predicted octanol–water partition coefficient (Wildman–Crippen LogP) is 3.29. The van der Waals surface area contributed by atoms with Crippen LogP contribution < -0.4 is 5.32 Å². The van der Waals surface area contributed by atoms with Crippen molar-refractivity contribution < 1.29 is 9.59 Å². The van der Waals surface area contributed by atoms with Gasteiger partial charge in [-0.25, -0.2) is 0 Å². The normalized spacial score (nSPS) is 31.3. The number of anilines is 1. The van der Waals surface area contributed by atoms with E-state index < -0.39 is 0 Å². The fraction of sp³-hybridized carbons (Fsp3) is 0.500. The van der Waals surface area contributed by atoms with E-state index in [4.69, 9.17) is 0 Å². The zero-order chi connectivity index (χ0) is 15.9. The predicted molar refractivity (Wildman–Crippen MR) is 93.2 cm³/mol. The van der Waals surface area contributed by atoms with E-state index in [-0.39, 0.29) is 40.0 Å². The second kappa shape index (κ2) is 6.32. The second-order valence-electron chi connectivity index (χ2n) is 6.02. The monoisotopic (exact) mass is 428 g/mol. The van der Waals surface area contributed by atoms with E-state index in [0.29, 0.717) is 12.8 Å². The van der Waals surface area contributed by atoms with Gasteiger partial charge in [0.05, 0.1) is 18.5 Å². The van der Waals surface area contributed by atoms with Crippen LogP contribution in [0.2, 0.25) is 0 Å². The quantitative estimate of drug-likeness (QED) is 0.592. The van der Waals surface area contributed by atoms with E-state index in [2.05, 4.69) is 37.2 Å². The average Bonchev–Trinajstić information content (AvgIpc) is 2.71. The van der Waals surface area contributed by atoms with Gasteiger partial charge >= 0.3 is 0 Å². The summed E-state index contributed by atoms with van der Waals surface area (Å²) in [5.41, 5.74) is 2.09. The van der Waals surface area contributed by atoms with Crippen molar-refractivity contribution in [3.05, 3.63) is 29.8 Å². The van der Waals surface area contributed by atoms with Gasteiger partial charge < -0.3 is 5.32 Å². The molecule has 4 nitrogen and oxygen atoms in total. The van der Waals surface area contributed by atoms with E-state index in [1.54, 1.807) is 0 Å². The van der Waals surface area contributed by atoms with Crippen molar-refractivity contribution >= 4 is 49.4 Å². The summed E-state index contributed by atoms with van der Waals surface area (Å²) < 4.78 is 0. The second-order valence-corrected chi connectivity index (χ2v) is 8.37. The fourth-order valence-corrected chi connectivity index (χ4v) is 4.40. The van der Waals surface area contributed by atoms with Crippen molar-refractivity contribution in [2.75, 3.05) is 12.0 Å². The lowest BCUT2D eigenvalue weighted by molar-refractivity contribution is -0.139. The van der Waals surface area contributed by atoms with Crippen LogP contribution in [0.3, 0.4) is 0 Å². The third kappa shape index (κ3) is 2.95. The molecular formula is C16H18Br2N2O2. The third-order valence-electron chi connectivity index (χ3n) is 4.50. The number of amides is 2. The summed E-state index contributed by atoms with van der Waals surface area (Å²) in [6.07, 6.45) is 1.43. The summed E-state index contributed by atoms with van der Waals surface area (Å²) in [4.78, 5) is 26.9. The number of benzene rings is 1. The molecule has 6 heteroatoms. The van der Waals surface area contributed by atoms with Crippen molar-refractivity contribution in [3.63, 3.8) is 0 Å². The maximum atomic E-state index is 12.5. The molecule has 0 bridgehead atoms. The van der Waals surface area contributed by atoms with Crippen LogP contribution in [-0.4, -0.2) is 33.0 Å². The van der Waals surface area contributed by atoms with Crippen molar-refractivity contribution in [1.82, 2.24) is 4.90 Å². The number of alkyl halides is 2. The van der Waals surface area contributed by atoms with Gasteiger partial charge in [-0.3, -0.25) is 14.5 Å². The highest BCUT2D eigenvalue weighted by Crippen LogP contribution is 2.43. The van der Waals surface area contributed by atoms with Crippen LogP contribution in [0.5, 0.6) is 0 Å². The number of carbonyl (C=O) groups excluding carboxylic acids is 2. The molecule has 1 saturated carbocycles. The molecule has 22 heavy (non-hydrogen) atoms. The van der Waals surface area contributed by atoms with Crippen molar-refractivity contribution in [2.24, 2.45) is 11.8 Å². The number of hydrogen-bond donors (Lipinski definition) is 1. The Morgan fingerprint density at radius 3 is 2.05 bits per heavy atom. The topological polar surface area (TPSA) is 49.4 Å². The Bertz CT molecular complexity index is 562. The molecule has 1 heterocycles. The first kappa shape index (κ1) is 16.0. The van der Waals surface area contributed by atoms with Crippen LogP contribution in [0.15, 0.2) is 24.3 Å². The number of nitrogens with zero attached hydrogens (tertiary/aromatic N) is 1. The molecule has 0 unspecified atom stereocenters. The zero-order valence-corrected chi connectivity index (χ0v) is 15.4. The molecule has 1 aromatic rings. The minimum Gasteiger partial charge on any atom is -0.367 e. The Balaban J connectivity index is 1.68. The average molecular weight is 430 g/mol. The molecule has 1 aromatic carbocycles. The van der Waals surface area contributed by atoms with Gasteiger partial charge in [0.2, 0.25) is 11.8 Å². The summed E-state index contributed by atoms with van der Waals surface area (Å²) in [6.45, 7) is 2.27. The highest BCUT2D eigenvalue weighted by atomic mass is 79.9. The summed E-state index contributed by atoms with van der Waals surface area (Å²) in [6, 6.07) is 7.91. The van der Waals surface area contributed by atoms with Crippen molar-refractivity contribution in [2.45, 2.75) is 29.4 Å². The van der Waals surface area contributed by atoms with Crippen LogP contribution in [0.1, 0.15) is 18.4 Å². The number of hydrogen-bond acceptors (Lipinski definition) is 3. The first-order valence-corrected chi connectivity index (χ1v) is 9.24. The van der Waals surface area contributed by atoms with Crippen LogP contribution in [0.25, 0.3) is 0 Å². The molecule has 2 amide bonds. The molecule has 118 valence electrons. The van der Waals surface area contributed by atoms with Crippen LogP contribution in [0.4, 0.5) is 5.69 Å². The number of rotatable bonds is 3. The summed E-state index contributed by atoms with van der Waals surface area (Å²) in [5, 5.41) is 3.17. The van der Waals surface area contributed by atoms with Gasteiger partial charge in [-0.15, -0.1) is 0 Å². The van der Waals surface area contributed by atoms with Gasteiger partial charge in [-0.2, -0.15) is 0 Å². The number of imide groups is 1. The molecule has 1 aliphatic carbocycles. The Hall–Kier alpha value is -0.880. The zero-order valence-electron chi connectivity index (χ0n) is 12.3. The summed E-state index contributed by atoms with van der Waals surface area (Å²) >= 11 is 7.19. The lowest BCUT2D eigenvalue weighted by Crippen LogP contribution is -2.35. The fourth-order valence-electron chi connectivity index (χ4n) is 3.16. The van der Waals surface area contributed by atoms with E-state index in [9.17, 15) is 9.59 Å². The van der Waals surface area contributed by atoms with E-state index in [0.717, 1.165) is 5.69 Å². The molecule has 4 atom stereocenters. The molecule has 2 fully saturated rings. The van der Waals surface area contributed by atoms with Crippen LogP contribution in [-0.2, 0) is 9.59 Å². The molecule has 1 saturated heterocycles. The van der Waals surface area contributed by atoms with Crippen LogP contribution in [0, 0.1) is 18.8 Å². The molecule has 1 aliphatic heterocycles. The maximum Gasteiger partial charge on any atom is 0.234 e. The van der Waals surface area contributed by atoms with Crippen LogP contribution >= 0.6 is 31.9 Å². The first-order chi connectivity index (χ1) is 10.5. The van der Waals surface area contributed by atoms with E-state index in [1.807, 2.05) is 31.2 Å². The van der Waals surface area contributed by atoms with E-state index >= 15 is 0 Å². The minimum absolute atomic E-state index is 0.0431. The van der Waals surface area contributed by atoms with Gasteiger partial charge in [0, 0.05) is 15.3 Å². The number of carbonyl (C=O) groups is 2. The Morgan fingerprint density at radius 1 is 1.05 bits per heavy atom. The number of nitrogens with one attached hydrogen (secondary N) is 1. The number of aryl methyl sites for hydroxylation is 1. The molecule has 0 spiro atoms. The lowest BCUT2D eigenvalue weighted by atomic mass is 9.81. The third-order valence-corrected chi connectivity index (χ3v) is 7.23.